The molecule has 4 aromatic rings. The van der Waals surface area contributed by atoms with Crippen LogP contribution in [-0.2, 0) is 11.3 Å². The van der Waals surface area contributed by atoms with Crippen molar-refractivity contribution in [3.05, 3.63) is 63.9 Å². The molecular formula is C22H18ClN3O5S. The number of halogens is 1. The SMILES string of the molecule is COc1ccc(-c2noc(COC(=O)c3sc(-c4ccc(Cl)cc4)nc3C)n2)cc1OC. The van der Waals surface area contributed by atoms with Crippen LogP contribution in [-0.4, -0.2) is 35.3 Å². The van der Waals surface area contributed by atoms with Crippen LogP contribution < -0.4 is 9.47 Å². The minimum absolute atomic E-state index is 0.160. The number of thiazole rings is 1. The van der Waals surface area contributed by atoms with Crippen LogP contribution in [0.1, 0.15) is 21.3 Å². The van der Waals surface area contributed by atoms with Gasteiger partial charge in [-0.25, -0.2) is 9.78 Å². The summed E-state index contributed by atoms with van der Waals surface area (Å²) in [6, 6.07) is 12.5. The van der Waals surface area contributed by atoms with E-state index in [-0.39, 0.29) is 12.5 Å². The third kappa shape index (κ3) is 4.58. The fraction of sp³-hybridized carbons (Fsp3) is 0.182. The number of ether oxygens (including phenoxy) is 3. The van der Waals surface area contributed by atoms with Crippen molar-refractivity contribution in [1.82, 2.24) is 15.1 Å². The second-order valence-corrected chi connectivity index (χ2v) is 8.03. The van der Waals surface area contributed by atoms with Crippen molar-refractivity contribution in [3.63, 3.8) is 0 Å². The number of rotatable bonds is 7. The van der Waals surface area contributed by atoms with E-state index in [1.165, 1.54) is 11.3 Å². The predicted molar refractivity (Wildman–Crippen MR) is 119 cm³/mol. The van der Waals surface area contributed by atoms with Gasteiger partial charge in [0.1, 0.15) is 9.88 Å². The van der Waals surface area contributed by atoms with Gasteiger partial charge >= 0.3 is 5.97 Å². The molecule has 8 nitrogen and oxygen atoms in total. The second-order valence-electron chi connectivity index (χ2n) is 6.60. The molecular weight excluding hydrogens is 454 g/mol. The van der Waals surface area contributed by atoms with Crippen molar-refractivity contribution in [2.24, 2.45) is 0 Å². The third-order valence-corrected chi connectivity index (χ3v) is 5.95. The van der Waals surface area contributed by atoms with E-state index in [2.05, 4.69) is 15.1 Å². The maximum atomic E-state index is 12.6. The number of benzene rings is 2. The van der Waals surface area contributed by atoms with E-state index >= 15 is 0 Å². The van der Waals surface area contributed by atoms with E-state index in [4.69, 9.17) is 30.3 Å². The number of aromatic nitrogens is 3. The topological polar surface area (TPSA) is 96.6 Å². The van der Waals surface area contributed by atoms with E-state index in [9.17, 15) is 4.79 Å². The van der Waals surface area contributed by atoms with E-state index in [1.807, 2.05) is 12.1 Å². The van der Waals surface area contributed by atoms with E-state index in [0.29, 0.717) is 43.5 Å². The second kappa shape index (κ2) is 9.37. The van der Waals surface area contributed by atoms with Gasteiger partial charge in [-0.05, 0) is 37.3 Å². The van der Waals surface area contributed by atoms with Crippen LogP contribution >= 0.6 is 22.9 Å². The first kappa shape index (κ1) is 21.8. The number of carbonyl (C=O) groups excluding carboxylic acids is 1. The molecule has 0 unspecified atom stereocenters. The van der Waals surface area contributed by atoms with E-state index in [1.54, 1.807) is 51.5 Å². The first-order chi connectivity index (χ1) is 15.5. The minimum atomic E-state index is -0.508. The number of aryl methyl sites for hydroxylation is 1. The average molecular weight is 472 g/mol. The Labute approximate surface area is 192 Å². The molecule has 10 heteroatoms. The van der Waals surface area contributed by atoms with Gasteiger partial charge in [0.2, 0.25) is 5.82 Å². The lowest BCUT2D eigenvalue weighted by molar-refractivity contribution is 0.0434. The molecule has 0 atom stereocenters. The molecule has 0 saturated heterocycles. The summed E-state index contributed by atoms with van der Waals surface area (Å²) in [7, 11) is 3.10. The normalized spacial score (nSPS) is 10.8. The maximum absolute atomic E-state index is 12.6. The van der Waals surface area contributed by atoms with Crippen molar-refractivity contribution >= 4 is 28.9 Å². The molecule has 0 radical (unpaired) electrons. The Balaban J connectivity index is 1.44. The number of carbonyl (C=O) groups is 1. The molecule has 164 valence electrons. The summed E-state index contributed by atoms with van der Waals surface area (Å²) in [5, 5.41) is 5.28. The lowest BCUT2D eigenvalue weighted by atomic mass is 10.2. The summed E-state index contributed by atoms with van der Waals surface area (Å²) in [5.41, 5.74) is 2.13. The largest absolute Gasteiger partial charge is 0.493 e. The van der Waals surface area contributed by atoms with E-state index < -0.39 is 5.97 Å². The van der Waals surface area contributed by atoms with Crippen LogP contribution in [0.5, 0.6) is 11.5 Å². The summed E-state index contributed by atoms with van der Waals surface area (Å²) in [4.78, 5) is 21.7. The van der Waals surface area contributed by atoms with Crippen LogP contribution in [0.25, 0.3) is 22.0 Å². The monoisotopic (exact) mass is 471 g/mol. The molecule has 0 N–H and O–H groups in total. The smallest absolute Gasteiger partial charge is 0.350 e. The summed E-state index contributed by atoms with van der Waals surface area (Å²) in [6.45, 7) is 1.60. The highest BCUT2D eigenvalue weighted by molar-refractivity contribution is 7.17. The average Bonchev–Trinajstić information content (AvgIpc) is 3.44. The van der Waals surface area contributed by atoms with Crippen molar-refractivity contribution in [2.45, 2.75) is 13.5 Å². The molecule has 32 heavy (non-hydrogen) atoms. The van der Waals surface area contributed by atoms with Crippen LogP contribution in [0.15, 0.2) is 47.0 Å². The van der Waals surface area contributed by atoms with Gasteiger partial charge in [-0.1, -0.05) is 28.9 Å². The van der Waals surface area contributed by atoms with Gasteiger partial charge in [0.05, 0.1) is 19.9 Å². The molecule has 0 aliphatic carbocycles. The maximum Gasteiger partial charge on any atom is 0.350 e. The van der Waals surface area contributed by atoms with Crippen molar-refractivity contribution < 1.29 is 23.5 Å². The lowest BCUT2D eigenvalue weighted by Crippen LogP contribution is -2.05. The first-order valence-electron chi connectivity index (χ1n) is 9.44. The van der Waals surface area contributed by atoms with Gasteiger partial charge in [0, 0.05) is 16.1 Å². The Morgan fingerprint density at radius 1 is 1.03 bits per heavy atom. The zero-order valence-corrected chi connectivity index (χ0v) is 19.0. The van der Waals surface area contributed by atoms with Crippen LogP contribution in [0, 0.1) is 6.92 Å². The zero-order valence-electron chi connectivity index (χ0n) is 17.4. The lowest BCUT2D eigenvalue weighted by Gasteiger charge is -2.07. The Morgan fingerprint density at radius 2 is 1.75 bits per heavy atom. The molecule has 2 heterocycles. The Hall–Kier alpha value is -3.43. The highest BCUT2D eigenvalue weighted by Gasteiger charge is 2.19. The third-order valence-electron chi connectivity index (χ3n) is 4.51. The van der Waals surface area contributed by atoms with Gasteiger partial charge in [-0.3, -0.25) is 0 Å². The fourth-order valence-corrected chi connectivity index (χ4v) is 3.99. The van der Waals surface area contributed by atoms with Crippen LogP contribution in [0.3, 0.4) is 0 Å². The molecule has 4 rings (SSSR count). The summed E-state index contributed by atoms with van der Waals surface area (Å²) >= 11 is 7.18. The minimum Gasteiger partial charge on any atom is -0.493 e. The van der Waals surface area contributed by atoms with Crippen LogP contribution in [0.2, 0.25) is 5.02 Å². The quantitative estimate of drug-likeness (QED) is 0.339. The summed E-state index contributed by atoms with van der Waals surface area (Å²) in [6.07, 6.45) is 0. The molecule has 0 spiro atoms. The van der Waals surface area contributed by atoms with Crippen molar-refractivity contribution in [2.75, 3.05) is 14.2 Å². The van der Waals surface area contributed by atoms with Gasteiger partial charge in [-0.15, -0.1) is 11.3 Å². The molecule has 0 amide bonds. The molecule has 2 aromatic heterocycles. The first-order valence-corrected chi connectivity index (χ1v) is 10.6. The van der Waals surface area contributed by atoms with Crippen molar-refractivity contribution in [1.29, 1.82) is 0 Å². The van der Waals surface area contributed by atoms with E-state index in [0.717, 1.165) is 5.56 Å². The molecule has 2 aromatic carbocycles. The number of esters is 1. The number of nitrogens with zero attached hydrogens (tertiary/aromatic N) is 3. The molecule has 0 saturated carbocycles. The van der Waals surface area contributed by atoms with Gasteiger partial charge < -0.3 is 18.7 Å². The Kier molecular flexibility index (Phi) is 6.38. The standard InChI is InChI=1S/C22H18ClN3O5S/c1-12-19(32-21(24-12)13-4-7-15(23)8-5-13)22(27)30-11-18-25-20(26-31-18)14-6-9-16(28-2)17(10-14)29-3/h4-10H,11H2,1-3H3. The summed E-state index contributed by atoms with van der Waals surface area (Å²) in [5.74, 6) is 1.14. The van der Waals surface area contributed by atoms with Gasteiger partial charge in [0.25, 0.3) is 5.89 Å². The Morgan fingerprint density at radius 3 is 2.47 bits per heavy atom. The molecule has 0 bridgehead atoms. The molecule has 0 aliphatic rings. The van der Waals surface area contributed by atoms with Gasteiger partial charge in [0.15, 0.2) is 18.1 Å². The van der Waals surface area contributed by atoms with Crippen LogP contribution in [0.4, 0.5) is 0 Å². The Bertz CT molecular complexity index is 1250. The van der Waals surface area contributed by atoms with Crippen molar-refractivity contribution in [3.8, 4) is 33.5 Å². The predicted octanol–water partition coefficient (Wildman–Crippen LogP) is 5.20. The molecule has 0 aliphatic heterocycles. The number of hydrogen-bond donors (Lipinski definition) is 0. The molecule has 0 fully saturated rings. The van der Waals surface area contributed by atoms with Gasteiger partial charge in [-0.2, -0.15) is 4.98 Å². The highest BCUT2D eigenvalue weighted by atomic mass is 35.5. The fourth-order valence-electron chi connectivity index (χ4n) is 2.90. The zero-order chi connectivity index (χ0) is 22.7. The highest BCUT2D eigenvalue weighted by Crippen LogP contribution is 2.32. The summed E-state index contributed by atoms with van der Waals surface area (Å²) < 4.78 is 21.1. The number of methoxy groups -OCH3 is 2. The number of hydrogen-bond acceptors (Lipinski definition) is 9.